The van der Waals surface area contributed by atoms with E-state index in [0.717, 1.165) is 34.5 Å². The molecule has 0 saturated heterocycles. The van der Waals surface area contributed by atoms with Crippen molar-refractivity contribution in [2.75, 3.05) is 11.9 Å². The predicted molar refractivity (Wildman–Crippen MR) is 128 cm³/mol. The molecule has 33 heavy (non-hydrogen) atoms. The summed E-state index contributed by atoms with van der Waals surface area (Å²) in [4.78, 5) is 32.2. The molecule has 6 nitrogen and oxygen atoms in total. The summed E-state index contributed by atoms with van der Waals surface area (Å²) in [6.07, 6.45) is 4.21. The third-order valence-corrected chi connectivity index (χ3v) is 5.52. The van der Waals surface area contributed by atoms with Gasteiger partial charge in [-0.2, -0.15) is 0 Å². The van der Waals surface area contributed by atoms with Gasteiger partial charge < -0.3 is 10.1 Å². The zero-order chi connectivity index (χ0) is 23.4. The lowest BCUT2D eigenvalue weighted by atomic mass is 10.0. The van der Waals surface area contributed by atoms with E-state index in [2.05, 4.69) is 10.3 Å². The number of carbonyl (C=O) groups is 2. The van der Waals surface area contributed by atoms with Crippen LogP contribution in [0.25, 0.3) is 5.57 Å². The van der Waals surface area contributed by atoms with Crippen molar-refractivity contribution < 1.29 is 14.3 Å². The van der Waals surface area contributed by atoms with E-state index in [-0.39, 0.29) is 24.1 Å². The van der Waals surface area contributed by atoms with E-state index in [9.17, 15) is 9.59 Å². The standard InChI is InChI=1S/C27H27N3O3/c1-4-15-33-22-8-6-21(7-9-22)24-25(29-23-10-5-18(2)16-19(23)3)27(32)30(26(24)31)17-20-11-13-28-14-12-20/h5-14,16,29H,4,15,17H2,1-3H3. The molecular weight excluding hydrogens is 414 g/mol. The Morgan fingerprint density at radius 2 is 1.67 bits per heavy atom. The highest BCUT2D eigenvalue weighted by Crippen LogP contribution is 2.33. The average molecular weight is 442 g/mol. The number of aromatic nitrogens is 1. The number of rotatable bonds is 8. The number of aryl methyl sites for hydroxylation is 2. The quantitative estimate of drug-likeness (QED) is 0.505. The van der Waals surface area contributed by atoms with Crippen molar-refractivity contribution in [3.63, 3.8) is 0 Å². The first kappa shape index (κ1) is 22.3. The van der Waals surface area contributed by atoms with Gasteiger partial charge in [0.1, 0.15) is 11.4 Å². The van der Waals surface area contributed by atoms with Crippen molar-refractivity contribution in [1.82, 2.24) is 9.88 Å². The van der Waals surface area contributed by atoms with Gasteiger partial charge in [0.15, 0.2) is 0 Å². The number of benzene rings is 2. The lowest BCUT2D eigenvalue weighted by molar-refractivity contribution is -0.137. The predicted octanol–water partition coefficient (Wildman–Crippen LogP) is 4.88. The van der Waals surface area contributed by atoms with Gasteiger partial charge in [0.2, 0.25) is 0 Å². The zero-order valence-electron chi connectivity index (χ0n) is 19.1. The van der Waals surface area contributed by atoms with Crippen molar-refractivity contribution >= 4 is 23.1 Å². The molecule has 1 aliphatic rings. The largest absolute Gasteiger partial charge is 0.494 e. The summed E-state index contributed by atoms with van der Waals surface area (Å²) < 4.78 is 5.67. The Labute approximate surface area is 193 Å². The van der Waals surface area contributed by atoms with Gasteiger partial charge >= 0.3 is 0 Å². The van der Waals surface area contributed by atoms with E-state index >= 15 is 0 Å². The van der Waals surface area contributed by atoms with Gasteiger partial charge in [0, 0.05) is 18.1 Å². The zero-order valence-corrected chi connectivity index (χ0v) is 19.1. The minimum absolute atomic E-state index is 0.180. The first-order valence-electron chi connectivity index (χ1n) is 11.0. The molecule has 6 heteroatoms. The van der Waals surface area contributed by atoms with Gasteiger partial charge in [0.25, 0.3) is 11.8 Å². The Kier molecular flexibility index (Phi) is 6.54. The molecule has 1 N–H and O–H groups in total. The van der Waals surface area contributed by atoms with E-state index in [1.54, 1.807) is 24.5 Å². The van der Waals surface area contributed by atoms with Crippen molar-refractivity contribution in [2.24, 2.45) is 0 Å². The number of carbonyl (C=O) groups excluding carboxylic acids is 2. The van der Waals surface area contributed by atoms with Gasteiger partial charge in [-0.1, -0.05) is 36.8 Å². The lowest BCUT2D eigenvalue weighted by Gasteiger charge is -2.16. The molecule has 0 aliphatic carbocycles. The summed E-state index contributed by atoms with van der Waals surface area (Å²) in [6, 6.07) is 16.9. The van der Waals surface area contributed by atoms with Crippen LogP contribution in [0, 0.1) is 13.8 Å². The summed E-state index contributed by atoms with van der Waals surface area (Å²) in [5.74, 6) is 0.0555. The average Bonchev–Trinajstić information content (AvgIpc) is 3.04. The number of nitrogens with zero attached hydrogens (tertiary/aromatic N) is 2. The van der Waals surface area contributed by atoms with Crippen LogP contribution < -0.4 is 10.1 Å². The monoisotopic (exact) mass is 441 g/mol. The number of hydrogen-bond donors (Lipinski definition) is 1. The highest BCUT2D eigenvalue weighted by Gasteiger charge is 2.39. The molecule has 0 atom stereocenters. The Balaban J connectivity index is 1.72. The molecule has 168 valence electrons. The van der Waals surface area contributed by atoms with Gasteiger partial charge in [-0.15, -0.1) is 0 Å². The number of hydrogen-bond acceptors (Lipinski definition) is 5. The number of pyridine rings is 1. The number of anilines is 1. The molecule has 2 amide bonds. The van der Waals surface area contributed by atoms with Gasteiger partial charge in [-0.05, 0) is 67.3 Å². The first-order valence-corrected chi connectivity index (χ1v) is 11.0. The van der Waals surface area contributed by atoms with E-state index in [4.69, 9.17) is 4.74 Å². The van der Waals surface area contributed by atoms with E-state index in [0.29, 0.717) is 17.7 Å². The number of imide groups is 1. The second kappa shape index (κ2) is 9.69. The second-order valence-corrected chi connectivity index (χ2v) is 8.12. The van der Waals surface area contributed by atoms with Crippen LogP contribution >= 0.6 is 0 Å². The molecule has 0 saturated carbocycles. The number of amides is 2. The molecule has 2 aromatic carbocycles. The molecule has 1 aliphatic heterocycles. The molecule has 0 radical (unpaired) electrons. The van der Waals surface area contributed by atoms with Crippen LogP contribution in [0.4, 0.5) is 5.69 Å². The maximum Gasteiger partial charge on any atom is 0.278 e. The van der Waals surface area contributed by atoms with Crippen molar-refractivity contribution in [3.8, 4) is 5.75 Å². The van der Waals surface area contributed by atoms with E-state index < -0.39 is 0 Å². The fourth-order valence-corrected chi connectivity index (χ4v) is 3.80. The molecule has 0 unspecified atom stereocenters. The molecule has 2 heterocycles. The Morgan fingerprint density at radius 1 is 0.939 bits per heavy atom. The number of ether oxygens (including phenoxy) is 1. The van der Waals surface area contributed by atoms with Gasteiger partial charge in [0.05, 0.1) is 18.7 Å². The summed E-state index contributed by atoms with van der Waals surface area (Å²) in [6.45, 7) is 6.85. The van der Waals surface area contributed by atoms with Crippen molar-refractivity contribution in [1.29, 1.82) is 0 Å². The SMILES string of the molecule is CCCOc1ccc(C2=C(Nc3ccc(C)cc3C)C(=O)N(Cc3ccncc3)C2=O)cc1. The summed E-state index contributed by atoms with van der Waals surface area (Å²) in [5, 5.41) is 3.25. The van der Waals surface area contributed by atoms with Crippen LogP contribution in [0.3, 0.4) is 0 Å². The molecule has 0 fully saturated rings. The summed E-state index contributed by atoms with van der Waals surface area (Å²) in [5.41, 5.74) is 5.06. The molecule has 3 aromatic rings. The van der Waals surface area contributed by atoms with E-state index in [1.807, 2.05) is 63.2 Å². The molecular formula is C27H27N3O3. The highest BCUT2D eigenvalue weighted by atomic mass is 16.5. The summed E-state index contributed by atoms with van der Waals surface area (Å²) in [7, 11) is 0. The minimum atomic E-state index is -0.349. The lowest BCUT2D eigenvalue weighted by Crippen LogP contribution is -2.32. The third kappa shape index (κ3) is 4.80. The van der Waals surface area contributed by atoms with Crippen molar-refractivity contribution in [2.45, 2.75) is 33.7 Å². The Bertz CT molecular complexity index is 1200. The Hall–Kier alpha value is -3.93. The fourth-order valence-electron chi connectivity index (χ4n) is 3.80. The molecule has 0 spiro atoms. The smallest absolute Gasteiger partial charge is 0.278 e. The first-order chi connectivity index (χ1) is 16.0. The van der Waals surface area contributed by atoms with Crippen LogP contribution in [0.2, 0.25) is 0 Å². The van der Waals surface area contributed by atoms with Crippen LogP contribution in [-0.2, 0) is 16.1 Å². The number of nitrogens with one attached hydrogen (secondary N) is 1. The molecule has 4 rings (SSSR count). The van der Waals surface area contributed by atoms with Crippen LogP contribution in [0.15, 0.2) is 72.7 Å². The van der Waals surface area contributed by atoms with Crippen LogP contribution in [-0.4, -0.2) is 28.3 Å². The van der Waals surface area contributed by atoms with Crippen LogP contribution in [0.1, 0.15) is 35.6 Å². The maximum absolute atomic E-state index is 13.5. The minimum Gasteiger partial charge on any atom is -0.494 e. The fraction of sp³-hybridized carbons (Fsp3) is 0.222. The van der Waals surface area contributed by atoms with Gasteiger partial charge in [-0.3, -0.25) is 19.5 Å². The highest BCUT2D eigenvalue weighted by molar-refractivity contribution is 6.36. The second-order valence-electron chi connectivity index (χ2n) is 8.12. The molecule has 1 aromatic heterocycles. The normalized spacial score (nSPS) is 13.6. The van der Waals surface area contributed by atoms with Crippen LogP contribution in [0.5, 0.6) is 5.75 Å². The molecule has 0 bridgehead atoms. The summed E-state index contributed by atoms with van der Waals surface area (Å²) >= 11 is 0. The third-order valence-electron chi connectivity index (χ3n) is 5.52. The maximum atomic E-state index is 13.5. The van der Waals surface area contributed by atoms with Gasteiger partial charge in [-0.25, -0.2) is 0 Å². The Morgan fingerprint density at radius 3 is 2.33 bits per heavy atom. The topological polar surface area (TPSA) is 71.5 Å². The van der Waals surface area contributed by atoms with Crippen molar-refractivity contribution in [3.05, 3.63) is 94.9 Å². The van der Waals surface area contributed by atoms with E-state index in [1.165, 1.54) is 4.90 Å².